The van der Waals surface area contributed by atoms with Crippen LogP contribution in [0.3, 0.4) is 0 Å². The van der Waals surface area contributed by atoms with Crippen molar-refractivity contribution in [3.8, 4) is 11.5 Å². The largest absolute Gasteiger partial charge is 0.494 e. The molecule has 1 saturated heterocycles. The molecule has 2 aliphatic heterocycles. The van der Waals surface area contributed by atoms with Crippen molar-refractivity contribution >= 4 is 5.91 Å². The lowest BCUT2D eigenvalue weighted by Crippen LogP contribution is -2.34. The summed E-state index contributed by atoms with van der Waals surface area (Å²) >= 11 is 0. The molecule has 1 fully saturated rings. The van der Waals surface area contributed by atoms with Crippen LogP contribution in [0.1, 0.15) is 36.5 Å². The second-order valence-electron chi connectivity index (χ2n) is 7.67. The molecule has 1 aromatic heterocycles. The van der Waals surface area contributed by atoms with Crippen LogP contribution in [0, 0.1) is 5.92 Å². The molecule has 0 radical (unpaired) electrons. The topological polar surface area (TPSA) is 77.4 Å². The molecule has 1 amide bonds. The summed E-state index contributed by atoms with van der Waals surface area (Å²) in [7, 11) is 1.90. The first-order chi connectivity index (χ1) is 13.5. The molecule has 4 rings (SSSR count). The second-order valence-corrected chi connectivity index (χ2v) is 7.67. The van der Waals surface area contributed by atoms with E-state index in [2.05, 4.69) is 28.7 Å². The Kier molecular flexibility index (Phi) is 5.26. The Bertz CT molecular complexity index is 863. The second kappa shape index (κ2) is 7.83. The van der Waals surface area contributed by atoms with Crippen LogP contribution in [0.2, 0.25) is 0 Å². The van der Waals surface area contributed by atoms with Crippen LogP contribution in [0.4, 0.5) is 0 Å². The Labute approximate surface area is 165 Å². The van der Waals surface area contributed by atoms with Crippen molar-refractivity contribution in [3.05, 3.63) is 41.2 Å². The molecule has 0 spiro atoms. The van der Waals surface area contributed by atoms with E-state index in [1.165, 1.54) is 5.56 Å². The molecule has 0 aliphatic carbocycles. The molecular formula is C21H28N4O3. The van der Waals surface area contributed by atoms with Gasteiger partial charge in [0.2, 0.25) is 5.91 Å². The fourth-order valence-electron chi connectivity index (χ4n) is 4.16. The maximum Gasteiger partial charge on any atom is 0.225 e. The summed E-state index contributed by atoms with van der Waals surface area (Å²) < 4.78 is 13.5. The fraction of sp³-hybridized carbons (Fsp3) is 0.524. The number of hydrogen-bond acceptors (Lipinski definition) is 5. The van der Waals surface area contributed by atoms with Crippen molar-refractivity contribution < 1.29 is 14.3 Å². The van der Waals surface area contributed by atoms with Crippen LogP contribution in [-0.4, -0.2) is 41.5 Å². The zero-order valence-corrected chi connectivity index (χ0v) is 16.7. The maximum absolute atomic E-state index is 12.9. The molecule has 150 valence electrons. The number of benzene rings is 1. The van der Waals surface area contributed by atoms with Gasteiger partial charge in [-0.1, -0.05) is 0 Å². The van der Waals surface area contributed by atoms with E-state index in [4.69, 9.17) is 9.47 Å². The van der Waals surface area contributed by atoms with E-state index in [1.807, 2.05) is 32.4 Å². The molecule has 7 nitrogen and oxygen atoms in total. The number of fused-ring (bicyclic) bond motifs is 1. The highest BCUT2D eigenvalue weighted by Gasteiger charge is 2.34. The SMILES string of the molecule is CCOc1cc2c(cc1CNC(=O)[C@H]1CNC[C@@H]1c1cnn(C)c1)OC(C)C2. The van der Waals surface area contributed by atoms with Crippen LogP contribution in [-0.2, 0) is 24.8 Å². The van der Waals surface area contributed by atoms with Crippen LogP contribution in [0.15, 0.2) is 24.5 Å². The number of nitrogens with zero attached hydrogens (tertiary/aromatic N) is 2. The number of carbonyl (C=O) groups excluding carboxylic acids is 1. The van der Waals surface area contributed by atoms with Gasteiger partial charge in [0.15, 0.2) is 0 Å². The lowest BCUT2D eigenvalue weighted by Gasteiger charge is -2.18. The molecule has 7 heteroatoms. The minimum atomic E-state index is -0.106. The number of nitrogens with one attached hydrogen (secondary N) is 2. The summed E-state index contributed by atoms with van der Waals surface area (Å²) in [6.45, 7) is 6.51. The number of aryl methyl sites for hydroxylation is 1. The van der Waals surface area contributed by atoms with Gasteiger partial charge in [0.1, 0.15) is 17.6 Å². The molecule has 1 unspecified atom stereocenters. The predicted octanol–water partition coefficient (Wildman–Crippen LogP) is 1.76. The summed E-state index contributed by atoms with van der Waals surface area (Å²) in [6, 6.07) is 4.06. The quantitative estimate of drug-likeness (QED) is 0.794. The van der Waals surface area contributed by atoms with Gasteiger partial charge in [0.05, 0.1) is 18.7 Å². The predicted molar refractivity (Wildman–Crippen MR) is 106 cm³/mol. The molecule has 0 saturated carbocycles. The third-order valence-corrected chi connectivity index (χ3v) is 5.54. The van der Waals surface area contributed by atoms with Gasteiger partial charge in [-0.2, -0.15) is 5.10 Å². The summed E-state index contributed by atoms with van der Waals surface area (Å²) in [6.07, 6.45) is 4.91. The third-order valence-electron chi connectivity index (χ3n) is 5.54. The van der Waals surface area contributed by atoms with Gasteiger partial charge < -0.3 is 20.1 Å². The molecular weight excluding hydrogens is 356 g/mol. The lowest BCUT2D eigenvalue weighted by molar-refractivity contribution is -0.125. The zero-order chi connectivity index (χ0) is 19.7. The van der Waals surface area contributed by atoms with Crippen LogP contribution in [0.5, 0.6) is 11.5 Å². The van der Waals surface area contributed by atoms with Crippen molar-refractivity contribution in [2.24, 2.45) is 13.0 Å². The Morgan fingerprint density at radius 1 is 1.43 bits per heavy atom. The molecule has 3 heterocycles. The summed E-state index contributed by atoms with van der Waals surface area (Å²) in [5.41, 5.74) is 3.22. The molecule has 2 aliphatic rings. The number of amides is 1. The smallest absolute Gasteiger partial charge is 0.225 e. The first kappa shape index (κ1) is 18.8. The number of carbonyl (C=O) groups is 1. The van der Waals surface area contributed by atoms with Crippen molar-refractivity contribution in [3.63, 3.8) is 0 Å². The highest BCUT2D eigenvalue weighted by atomic mass is 16.5. The minimum absolute atomic E-state index is 0.0519. The van der Waals surface area contributed by atoms with E-state index in [-0.39, 0.29) is 23.8 Å². The van der Waals surface area contributed by atoms with Crippen molar-refractivity contribution in [1.29, 1.82) is 0 Å². The van der Waals surface area contributed by atoms with Gasteiger partial charge >= 0.3 is 0 Å². The monoisotopic (exact) mass is 384 g/mol. The Balaban J connectivity index is 1.46. The van der Waals surface area contributed by atoms with Gasteiger partial charge in [0, 0.05) is 56.3 Å². The van der Waals surface area contributed by atoms with E-state index >= 15 is 0 Å². The average molecular weight is 384 g/mol. The highest BCUT2D eigenvalue weighted by Crippen LogP contribution is 2.35. The van der Waals surface area contributed by atoms with Crippen LogP contribution < -0.4 is 20.1 Å². The molecule has 3 atom stereocenters. The van der Waals surface area contributed by atoms with E-state index in [9.17, 15) is 4.79 Å². The van der Waals surface area contributed by atoms with Gasteiger partial charge in [-0.3, -0.25) is 9.48 Å². The summed E-state index contributed by atoms with van der Waals surface area (Å²) in [5, 5.41) is 10.7. The number of aromatic nitrogens is 2. The average Bonchev–Trinajstić information content (AvgIpc) is 3.38. The third kappa shape index (κ3) is 3.71. The molecule has 1 aromatic carbocycles. The van der Waals surface area contributed by atoms with E-state index in [1.54, 1.807) is 4.68 Å². The molecule has 2 aromatic rings. The lowest BCUT2D eigenvalue weighted by atomic mass is 9.90. The van der Waals surface area contributed by atoms with E-state index < -0.39 is 0 Å². The van der Waals surface area contributed by atoms with E-state index in [0.717, 1.165) is 35.6 Å². The number of ether oxygens (including phenoxy) is 2. The minimum Gasteiger partial charge on any atom is -0.494 e. The molecule has 2 N–H and O–H groups in total. The number of hydrogen-bond donors (Lipinski definition) is 2. The zero-order valence-electron chi connectivity index (χ0n) is 16.7. The van der Waals surface area contributed by atoms with E-state index in [0.29, 0.717) is 19.7 Å². The standard InChI is InChI=1S/C21H28N4O3/c1-4-27-19-6-14-5-13(2)28-20(14)7-15(19)8-23-21(26)18-11-22-10-17(18)16-9-24-25(3)12-16/h6-7,9,12-13,17-18,22H,4-5,8,10-11H2,1-3H3,(H,23,26)/t13?,17-,18+/m1/s1. The van der Waals surface area contributed by atoms with Crippen molar-refractivity contribution in [2.75, 3.05) is 19.7 Å². The first-order valence-electron chi connectivity index (χ1n) is 9.97. The maximum atomic E-state index is 12.9. The summed E-state index contributed by atoms with van der Waals surface area (Å²) in [5.74, 6) is 1.81. The molecule has 28 heavy (non-hydrogen) atoms. The number of rotatable bonds is 6. The first-order valence-corrected chi connectivity index (χ1v) is 9.97. The Morgan fingerprint density at radius 2 is 2.29 bits per heavy atom. The highest BCUT2D eigenvalue weighted by molar-refractivity contribution is 5.80. The van der Waals surface area contributed by atoms with Crippen LogP contribution in [0.25, 0.3) is 0 Å². The Morgan fingerprint density at radius 3 is 3.04 bits per heavy atom. The van der Waals surface area contributed by atoms with Gasteiger partial charge in [0.25, 0.3) is 0 Å². The van der Waals surface area contributed by atoms with Crippen LogP contribution >= 0.6 is 0 Å². The van der Waals surface area contributed by atoms with Crippen molar-refractivity contribution in [1.82, 2.24) is 20.4 Å². The van der Waals surface area contributed by atoms with Gasteiger partial charge in [-0.25, -0.2) is 0 Å². The summed E-state index contributed by atoms with van der Waals surface area (Å²) in [4.78, 5) is 12.9. The van der Waals surface area contributed by atoms with Gasteiger partial charge in [-0.05, 0) is 31.5 Å². The molecule has 0 bridgehead atoms. The fourth-order valence-corrected chi connectivity index (χ4v) is 4.16. The van der Waals surface area contributed by atoms with Gasteiger partial charge in [-0.15, -0.1) is 0 Å². The van der Waals surface area contributed by atoms with Crippen molar-refractivity contribution in [2.45, 2.75) is 38.8 Å². The normalized spacial score (nSPS) is 23.3. The Hall–Kier alpha value is -2.54.